The fourth-order valence-electron chi connectivity index (χ4n) is 2.82. The molecule has 2 N–H and O–H groups in total. The van der Waals surface area contributed by atoms with Gasteiger partial charge in [-0.05, 0) is 32.8 Å². The van der Waals surface area contributed by atoms with Crippen molar-refractivity contribution in [3.05, 3.63) is 35.9 Å². The Morgan fingerprint density at radius 3 is 2.52 bits per heavy atom. The minimum atomic E-state index is -1.16. The second-order valence-electron chi connectivity index (χ2n) is 7.50. The van der Waals surface area contributed by atoms with Crippen molar-refractivity contribution in [2.45, 2.75) is 45.4 Å². The average Bonchev–Trinajstić information content (AvgIpc) is 3.07. The molecule has 2 atom stereocenters. The summed E-state index contributed by atoms with van der Waals surface area (Å²) in [6.07, 6.45) is -0.836. The zero-order chi connectivity index (χ0) is 20.0. The summed E-state index contributed by atoms with van der Waals surface area (Å²) in [5.74, 6) is -1.58. The molecule has 0 bridgehead atoms. The van der Waals surface area contributed by atoms with Gasteiger partial charge in [-0.2, -0.15) is 0 Å². The van der Waals surface area contributed by atoms with Gasteiger partial charge >= 0.3 is 18.2 Å². The lowest BCUT2D eigenvalue weighted by molar-refractivity contribution is -0.140. The Kier molecular flexibility index (Phi) is 6.65. The van der Waals surface area contributed by atoms with E-state index in [9.17, 15) is 19.5 Å². The monoisotopic (exact) mass is 378 g/mol. The maximum Gasteiger partial charge on any atom is 0.410 e. The van der Waals surface area contributed by atoms with Crippen molar-refractivity contribution in [1.82, 2.24) is 10.2 Å². The van der Waals surface area contributed by atoms with Crippen LogP contribution in [0.3, 0.4) is 0 Å². The molecule has 0 spiro atoms. The van der Waals surface area contributed by atoms with Gasteiger partial charge in [0.15, 0.2) is 0 Å². The van der Waals surface area contributed by atoms with Gasteiger partial charge in [-0.25, -0.2) is 14.4 Å². The van der Waals surface area contributed by atoms with E-state index in [0.717, 1.165) is 5.56 Å². The van der Waals surface area contributed by atoms with Crippen molar-refractivity contribution in [2.75, 3.05) is 13.1 Å². The van der Waals surface area contributed by atoms with Crippen LogP contribution in [0.4, 0.5) is 9.59 Å². The number of carbonyl (C=O) groups is 3. The molecule has 1 aromatic rings. The lowest BCUT2D eigenvalue weighted by Gasteiger charge is -2.25. The summed E-state index contributed by atoms with van der Waals surface area (Å²) in [4.78, 5) is 37.2. The quantitative estimate of drug-likeness (QED) is 0.816. The van der Waals surface area contributed by atoms with Crippen LogP contribution in [-0.4, -0.2) is 52.9 Å². The highest BCUT2D eigenvalue weighted by Crippen LogP contribution is 2.22. The molecule has 0 aliphatic carbocycles. The number of hydrogen-bond donors (Lipinski definition) is 2. The van der Waals surface area contributed by atoms with Gasteiger partial charge in [-0.1, -0.05) is 30.3 Å². The number of nitrogens with zero attached hydrogens (tertiary/aromatic N) is 1. The molecule has 27 heavy (non-hydrogen) atoms. The largest absolute Gasteiger partial charge is 0.480 e. The second kappa shape index (κ2) is 8.75. The van der Waals surface area contributed by atoms with Crippen LogP contribution in [0, 0.1) is 5.92 Å². The van der Waals surface area contributed by atoms with Gasteiger partial charge in [0.1, 0.15) is 18.2 Å². The summed E-state index contributed by atoms with van der Waals surface area (Å²) in [5, 5.41) is 11.9. The van der Waals surface area contributed by atoms with Gasteiger partial charge in [0.2, 0.25) is 0 Å². The third-order valence-corrected chi connectivity index (χ3v) is 4.10. The topological polar surface area (TPSA) is 105 Å². The van der Waals surface area contributed by atoms with Crippen LogP contribution in [0.5, 0.6) is 0 Å². The highest BCUT2D eigenvalue weighted by Gasteiger charge is 2.38. The van der Waals surface area contributed by atoms with Crippen molar-refractivity contribution >= 4 is 18.2 Å². The number of rotatable bonds is 5. The van der Waals surface area contributed by atoms with Crippen molar-refractivity contribution in [3.8, 4) is 0 Å². The fraction of sp³-hybridized carbons (Fsp3) is 0.526. The first-order valence-electron chi connectivity index (χ1n) is 8.83. The molecule has 1 aliphatic rings. The molecule has 8 heteroatoms. The summed E-state index contributed by atoms with van der Waals surface area (Å²) in [6, 6.07) is 7.96. The van der Waals surface area contributed by atoms with Gasteiger partial charge in [0.25, 0.3) is 0 Å². The van der Waals surface area contributed by atoms with Crippen molar-refractivity contribution in [2.24, 2.45) is 5.92 Å². The molecular weight excluding hydrogens is 352 g/mol. The first kappa shape index (κ1) is 20.5. The van der Waals surface area contributed by atoms with E-state index in [1.807, 2.05) is 18.2 Å². The number of carbonyl (C=O) groups excluding carboxylic acids is 2. The van der Waals surface area contributed by atoms with E-state index in [-0.39, 0.29) is 13.2 Å². The highest BCUT2D eigenvalue weighted by molar-refractivity contribution is 5.80. The molecule has 148 valence electrons. The van der Waals surface area contributed by atoms with Crippen LogP contribution in [0.15, 0.2) is 30.3 Å². The van der Waals surface area contributed by atoms with Crippen molar-refractivity contribution in [3.63, 3.8) is 0 Å². The van der Waals surface area contributed by atoms with E-state index in [2.05, 4.69) is 5.32 Å². The van der Waals surface area contributed by atoms with E-state index in [1.54, 1.807) is 32.9 Å². The number of alkyl carbamates (subject to hydrolysis) is 1. The summed E-state index contributed by atoms with van der Waals surface area (Å²) in [5.41, 5.74) is 0.178. The van der Waals surface area contributed by atoms with Crippen LogP contribution < -0.4 is 5.32 Å². The molecule has 0 aromatic heterocycles. The van der Waals surface area contributed by atoms with E-state index < -0.39 is 35.7 Å². The Bertz CT molecular complexity index is 671. The number of nitrogens with one attached hydrogen (secondary N) is 1. The summed E-state index contributed by atoms with van der Waals surface area (Å²) >= 11 is 0. The molecule has 1 saturated heterocycles. The molecule has 0 unspecified atom stereocenters. The minimum absolute atomic E-state index is 0.0493. The molecule has 1 fully saturated rings. The Balaban J connectivity index is 1.88. The number of carboxylic acid groups (broad SMARTS) is 1. The summed E-state index contributed by atoms with van der Waals surface area (Å²) < 4.78 is 10.4. The minimum Gasteiger partial charge on any atom is -0.480 e. The lowest BCUT2D eigenvalue weighted by Crippen LogP contribution is -2.47. The lowest BCUT2D eigenvalue weighted by atomic mass is 9.99. The molecule has 0 radical (unpaired) electrons. The number of likely N-dealkylation sites (tertiary alicyclic amines) is 1. The predicted molar refractivity (Wildman–Crippen MR) is 97.1 cm³/mol. The smallest absolute Gasteiger partial charge is 0.410 e. The van der Waals surface area contributed by atoms with Crippen LogP contribution in [0.25, 0.3) is 0 Å². The van der Waals surface area contributed by atoms with E-state index >= 15 is 0 Å². The highest BCUT2D eigenvalue weighted by atomic mass is 16.6. The number of benzene rings is 1. The van der Waals surface area contributed by atoms with Gasteiger partial charge in [-0.15, -0.1) is 0 Å². The number of hydrogen-bond acceptors (Lipinski definition) is 5. The number of amides is 2. The zero-order valence-corrected chi connectivity index (χ0v) is 15.8. The molecule has 8 nitrogen and oxygen atoms in total. The Hall–Kier alpha value is -2.77. The second-order valence-corrected chi connectivity index (χ2v) is 7.50. The molecular formula is C19H26N2O6. The number of ether oxygens (including phenoxy) is 2. The van der Waals surface area contributed by atoms with E-state index in [4.69, 9.17) is 9.47 Å². The van der Waals surface area contributed by atoms with E-state index in [1.165, 1.54) is 4.90 Å². The van der Waals surface area contributed by atoms with Gasteiger partial charge in [0, 0.05) is 19.0 Å². The van der Waals surface area contributed by atoms with Crippen LogP contribution in [0.1, 0.15) is 32.8 Å². The Labute approximate surface area is 158 Å². The predicted octanol–water partition coefficient (Wildman–Crippen LogP) is 2.62. The first-order valence-corrected chi connectivity index (χ1v) is 8.83. The molecule has 2 amide bonds. The zero-order valence-electron chi connectivity index (χ0n) is 15.8. The van der Waals surface area contributed by atoms with Gasteiger partial charge < -0.3 is 24.8 Å². The normalized spacial score (nSPS) is 17.9. The maximum absolute atomic E-state index is 12.1. The Morgan fingerprint density at radius 2 is 1.93 bits per heavy atom. The van der Waals surface area contributed by atoms with Crippen LogP contribution in [-0.2, 0) is 20.9 Å². The van der Waals surface area contributed by atoms with Crippen molar-refractivity contribution in [1.29, 1.82) is 0 Å². The fourth-order valence-corrected chi connectivity index (χ4v) is 2.82. The average molecular weight is 378 g/mol. The standard InChI is InChI=1S/C19H26N2O6/c1-19(2,3)27-18(25)21-10-9-14(11-21)15(16(22)23)20-17(24)26-12-13-7-5-4-6-8-13/h4-8,14-15H,9-12H2,1-3H3,(H,20,24)(H,22,23)/t14-,15+/m1/s1. The number of carboxylic acids is 1. The Morgan fingerprint density at radius 1 is 1.26 bits per heavy atom. The molecule has 1 aliphatic heterocycles. The number of aliphatic carboxylic acids is 1. The third kappa shape index (κ3) is 6.47. The van der Waals surface area contributed by atoms with E-state index in [0.29, 0.717) is 13.0 Å². The molecule has 2 rings (SSSR count). The molecule has 1 aromatic carbocycles. The summed E-state index contributed by atoms with van der Waals surface area (Å²) in [6.45, 7) is 5.93. The van der Waals surface area contributed by atoms with Gasteiger partial charge in [0.05, 0.1) is 0 Å². The van der Waals surface area contributed by atoms with Gasteiger partial charge in [-0.3, -0.25) is 0 Å². The van der Waals surface area contributed by atoms with Crippen LogP contribution in [0.2, 0.25) is 0 Å². The van der Waals surface area contributed by atoms with Crippen LogP contribution >= 0.6 is 0 Å². The maximum atomic E-state index is 12.1. The molecule has 0 saturated carbocycles. The van der Waals surface area contributed by atoms with Crippen molar-refractivity contribution < 1.29 is 29.0 Å². The first-order chi connectivity index (χ1) is 12.7. The third-order valence-electron chi connectivity index (χ3n) is 4.10. The summed E-state index contributed by atoms with van der Waals surface area (Å²) in [7, 11) is 0. The SMILES string of the molecule is CC(C)(C)OC(=O)N1CC[C@@H]([C@H](NC(=O)OCc2ccccc2)C(=O)O)C1. The molecule has 1 heterocycles.